The van der Waals surface area contributed by atoms with Crippen molar-refractivity contribution in [3.63, 3.8) is 0 Å². The van der Waals surface area contributed by atoms with Crippen LogP contribution >= 0.6 is 27.3 Å². The van der Waals surface area contributed by atoms with Crippen LogP contribution in [0.4, 0.5) is 0 Å². The first-order valence-electron chi connectivity index (χ1n) is 4.14. The molecule has 0 spiro atoms. The van der Waals surface area contributed by atoms with Gasteiger partial charge in [-0.05, 0) is 15.9 Å². The molecule has 1 aliphatic rings. The van der Waals surface area contributed by atoms with Gasteiger partial charge in [0.1, 0.15) is 0 Å². The van der Waals surface area contributed by atoms with Gasteiger partial charge in [-0.15, -0.1) is 11.3 Å². The van der Waals surface area contributed by atoms with E-state index in [4.69, 9.17) is 0 Å². The number of rotatable bonds is 0. The highest BCUT2D eigenvalue weighted by Crippen LogP contribution is 2.32. The Hall–Kier alpha value is -0.680. The fraction of sp³-hybridized carbons (Fsp3) is 0.333. The predicted molar refractivity (Wildman–Crippen MR) is 57.4 cm³/mol. The summed E-state index contributed by atoms with van der Waals surface area (Å²) in [6.07, 6.45) is 0. The molecule has 2 heterocycles. The normalized spacial score (nSPS) is 15.6. The summed E-state index contributed by atoms with van der Waals surface area (Å²) in [5, 5.41) is 1.90. The lowest BCUT2D eigenvalue weighted by molar-refractivity contribution is -0.129. The van der Waals surface area contributed by atoms with Crippen LogP contribution < -0.4 is 0 Å². The minimum atomic E-state index is -0.0536. The number of Topliss-reactive ketones (excluding diaryl/α,β-unsaturated/α-hetero) is 1. The standard InChI is InChI=1S/C9H8BrNO2S/c1-5(12)11-2-6-7(10)4-14-9(6)8(13)3-11/h4H,2-3H2,1H3. The number of carbonyl (C=O) groups is 2. The van der Waals surface area contributed by atoms with Crippen LogP contribution in [0.3, 0.4) is 0 Å². The second-order valence-electron chi connectivity index (χ2n) is 3.19. The van der Waals surface area contributed by atoms with E-state index in [1.54, 1.807) is 4.90 Å². The first-order chi connectivity index (χ1) is 6.59. The van der Waals surface area contributed by atoms with Crippen molar-refractivity contribution in [2.75, 3.05) is 6.54 Å². The Morgan fingerprint density at radius 2 is 2.29 bits per heavy atom. The molecule has 0 atom stereocenters. The number of amides is 1. The van der Waals surface area contributed by atoms with Crippen molar-refractivity contribution in [2.24, 2.45) is 0 Å². The lowest BCUT2D eigenvalue weighted by Gasteiger charge is -2.24. The Morgan fingerprint density at radius 3 is 2.93 bits per heavy atom. The van der Waals surface area contributed by atoms with Gasteiger partial charge in [-0.1, -0.05) is 0 Å². The lowest BCUT2D eigenvalue weighted by atomic mass is 10.1. The minimum Gasteiger partial charge on any atom is -0.331 e. The summed E-state index contributed by atoms with van der Waals surface area (Å²) in [7, 11) is 0. The molecule has 2 rings (SSSR count). The molecule has 0 aromatic carbocycles. The Labute approximate surface area is 93.8 Å². The number of halogens is 1. The summed E-state index contributed by atoms with van der Waals surface area (Å²) in [6, 6.07) is 0. The van der Waals surface area contributed by atoms with E-state index in [9.17, 15) is 9.59 Å². The van der Waals surface area contributed by atoms with Gasteiger partial charge in [0.05, 0.1) is 11.4 Å². The average Bonchev–Trinajstić information content (AvgIpc) is 2.48. The topological polar surface area (TPSA) is 37.4 Å². The molecule has 1 aromatic heterocycles. The molecule has 1 aliphatic heterocycles. The van der Waals surface area contributed by atoms with Crippen LogP contribution in [-0.2, 0) is 11.3 Å². The SMILES string of the molecule is CC(=O)N1CC(=O)c2scc(Br)c2C1. The van der Waals surface area contributed by atoms with Crippen LogP contribution in [0.1, 0.15) is 22.2 Å². The van der Waals surface area contributed by atoms with Gasteiger partial charge >= 0.3 is 0 Å². The highest BCUT2D eigenvalue weighted by atomic mass is 79.9. The van der Waals surface area contributed by atoms with Gasteiger partial charge in [0.2, 0.25) is 5.91 Å². The van der Waals surface area contributed by atoms with Gasteiger partial charge in [0, 0.05) is 28.9 Å². The van der Waals surface area contributed by atoms with Gasteiger partial charge in [-0.3, -0.25) is 9.59 Å². The highest BCUT2D eigenvalue weighted by Gasteiger charge is 2.27. The van der Waals surface area contributed by atoms with E-state index in [0.29, 0.717) is 6.54 Å². The first-order valence-corrected chi connectivity index (χ1v) is 5.81. The van der Waals surface area contributed by atoms with Crippen molar-refractivity contribution < 1.29 is 9.59 Å². The van der Waals surface area contributed by atoms with Gasteiger partial charge < -0.3 is 4.90 Å². The third-order valence-electron chi connectivity index (χ3n) is 2.22. The fourth-order valence-electron chi connectivity index (χ4n) is 1.46. The Kier molecular flexibility index (Phi) is 2.45. The predicted octanol–water partition coefficient (Wildman–Crippen LogP) is 2.06. The third-order valence-corrected chi connectivity index (χ3v) is 4.30. The molecule has 0 saturated carbocycles. The van der Waals surface area contributed by atoms with E-state index < -0.39 is 0 Å². The summed E-state index contributed by atoms with van der Waals surface area (Å²) in [6.45, 7) is 2.24. The van der Waals surface area contributed by atoms with E-state index in [0.717, 1.165) is 14.9 Å². The molecule has 0 saturated heterocycles. The monoisotopic (exact) mass is 273 g/mol. The zero-order valence-corrected chi connectivity index (χ0v) is 9.94. The summed E-state index contributed by atoms with van der Waals surface area (Å²) < 4.78 is 0.928. The zero-order valence-electron chi connectivity index (χ0n) is 7.54. The van der Waals surface area contributed by atoms with E-state index >= 15 is 0 Å². The molecule has 0 unspecified atom stereocenters. The largest absolute Gasteiger partial charge is 0.331 e. The molecule has 1 aromatic rings. The number of ketones is 1. The molecule has 5 heteroatoms. The molecular weight excluding hydrogens is 266 g/mol. The maximum Gasteiger partial charge on any atom is 0.220 e. The van der Waals surface area contributed by atoms with Crippen LogP contribution in [0, 0.1) is 0 Å². The second kappa shape index (κ2) is 3.47. The smallest absolute Gasteiger partial charge is 0.220 e. The van der Waals surface area contributed by atoms with Crippen molar-refractivity contribution >= 4 is 39.0 Å². The molecule has 0 radical (unpaired) electrons. The molecular formula is C9H8BrNO2S. The Bertz CT molecular complexity index is 413. The number of nitrogens with zero attached hydrogens (tertiary/aromatic N) is 1. The molecule has 74 valence electrons. The Balaban J connectivity index is 2.40. The molecule has 0 N–H and O–H groups in total. The number of hydrogen-bond donors (Lipinski definition) is 0. The van der Waals surface area contributed by atoms with Crippen LogP contribution in [0.2, 0.25) is 0 Å². The fourth-order valence-corrected chi connectivity index (χ4v) is 3.07. The van der Waals surface area contributed by atoms with E-state index in [-0.39, 0.29) is 18.2 Å². The summed E-state index contributed by atoms with van der Waals surface area (Å²) in [4.78, 5) is 25.1. The number of fused-ring (bicyclic) bond motifs is 1. The maximum atomic E-state index is 11.6. The lowest BCUT2D eigenvalue weighted by Crippen LogP contribution is -2.37. The number of carbonyl (C=O) groups excluding carboxylic acids is 2. The molecule has 0 aliphatic carbocycles. The second-order valence-corrected chi connectivity index (χ2v) is 4.92. The molecule has 1 amide bonds. The zero-order chi connectivity index (χ0) is 10.3. The van der Waals surface area contributed by atoms with Crippen molar-refractivity contribution in [2.45, 2.75) is 13.5 Å². The van der Waals surface area contributed by atoms with E-state index in [2.05, 4.69) is 15.9 Å². The molecule has 0 fully saturated rings. The van der Waals surface area contributed by atoms with Gasteiger partial charge in [0.25, 0.3) is 0 Å². The van der Waals surface area contributed by atoms with Gasteiger partial charge in [-0.2, -0.15) is 0 Å². The minimum absolute atomic E-state index is 0.0390. The molecule has 0 bridgehead atoms. The molecule has 14 heavy (non-hydrogen) atoms. The van der Waals surface area contributed by atoms with Crippen molar-refractivity contribution in [1.82, 2.24) is 4.90 Å². The summed E-state index contributed by atoms with van der Waals surface area (Å²) in [5.74, 6) is -0.0146. The van der Waals surface area contributed by atoms with E-state index in [1.165, 1.54) is 18.3 Å². The maximum absolute atomic E-state index is 11.6. The van der Waals surface area contributed by atoms with Crippen LogP contribution in [0.15, 0.2) is 9.85 Å². The highest BCUT2D eigenvalue weighted by molar-refractivity contribution is 9.10. The third kappa shape index (κ3) is 1.50. The van der Waals surface area contributed by atoms with Crippen LogP contribution in [0.5, 0.6) is 0 Å². The van der Waals surface area contributed by atoms with E-state index in [1.807, 2.05) is 5.38 Å². The number of thiophene rings is 1. The first kappa shape index (κ1) is 9.86. The number of hydrogen-bond acceptors (Lipinski definition) is 3. The quantitative estimate of drug-likeness (QED) is 0.726. The molecule has 3 nitrogen and oxygen atoms in total. The van der Waals surface area contributed by atoms with Crippen molar-refractivity contribution in [3.8, 4) is 0 Å². The summed E-state index contributed by atoms with van der Waals surface area (Å²) in [5.41, 5.74) is 0.946. The summed E-state index contributed by atoms with van der Waals surface area (Å²) >= 11 is 4.82. The Morgan fingerprint density at radius 1 is 1.57 bits per heavy atom. The van der Waals surface area contributed by atoms with Crippen LogP contribution in [0.25, 0.3) is 0 Å². The van der Waals surface area contributed by atoms with Gasteiger partial charge in [-0.25, -0.2) is 0 Å². The average molecular weight is 274 g/mol. The van der Waals surface area contributed by atoms with Gasteiger partial charge in [0.15, 0.2) is 5.78 Å². The van der Waals surface area contributed by atoms with Crippen molar-refractivity contribution in [1.29, 1.82) is 0 Å². The van der Waals surface area contributed by atoms with Crippen molar-refractivity contribution in [3.05, 3.63) is 20.3 Å². The van der Waals surface area contributed by atoms with Crippen LogP contribution in [-0.4, -0.2) is 23.1 Å².